The second-order valence-corrected chi connectivity index (χ2v) is 4.85. The second kappa shape index (κ2) is 3.28. The minimum Gasteiger partial charge on any atom is -0.344 e. The Bertz CT molecular complexity index is 169. The van der Waals surface area contributed by atoms with E-state index in [2.05, 4.69) is 18.1 Å². The molecule has 1 heterocycles. The molecule has 0 saturated carbocycles. The van der Waals surface area contributed by atoms with E-state index in [1.54, 1.807) is 23.5 Å². The molecule has 4 heteroatoms. The fourth-order valence-corrected chi connectivity index (χ4v) is 3.40. The lowest BCUT2D eigenvalue weighted by Crippen LogP contribution is -2.16. The molecule has 1 rings (SSSR count). The van der Waals surface area contributed by atoms with Crippen molar-refractivity contribution in [2.45, 2.75) is 11.8 Å². The number of thioether (sulfide) groups is 2. The first-order chi connectivity index (χ1) is 4.66. The molecule has 1 atom stereocenters. The van der Waals surface area contributed by atoms with Gasteiger partial charge < -0.3 is 4.90 Å². The van der Waals surface area contributed by atoms with Gasteiger partial charge in [0.15, 0.2) is 4.83 Å². The predicted molar refractivity (Wildman–Crippen MR) is 51.2 cm³/mol. The van der Waals surface area contributed by atoms with E-state index in [1.165, 1.54) is 9.93 Å². The number of halogens is 1. The van der Waals surface area contributed by atoms with Gasteiger partial charge in [-0.2, -0.15) is 0 Å². The first kappa shape index (κ1) is 8.62. The summed E-state index contributed by atoms with van der Waals surface area (Å²) in [5, 5.41) is 1.30. The number of allylic oxidation sites excluding steroid dienone is 1. The van der Waals surface area contributed by atoms with Crippen molar-refractivity contribution in [3.63, 3.8) is 0 Å². The van der Waals surface area contributed by atoms with Gasteiger partial charge >= 0.3 is 0 Å². The second-order valence-electron chi connectivity index (χ2n) is 2.09. The molecule has 0 fully saturated rings. The molecule has 0 bridgehead atoms. The highest BCUT2D eigenvalue weighted by Gasteiger charge is 2.24. The van der Waals surface area contributed by atoms with E-state index < -0.39 is 0 Å². The van der Waals surface area contributed by atoms with Gasteiger partial charge in [0.2, 0.25) is 0 Å². The summed E-state index contributed by atoms with van der Waals surface area (Å²) >= 11 is 9.43. The van der Waals surface area contributed by atoms with Gasteiger partial charge in [-0.05, 0) is 13.2 Å². The number of alkyl halides is 1. The van der Waals surface area contributed by atoms with Crippen LogP contribution >= 0.6 is 35.1 Å². The Morgan fingerprint density at radius 3 is 2.50 bits per heavy atom. The standard InChI is InChI=1S/C6H10ClNS2/c1-4-5(9-3)8(2)6(7)10-4/h6H,1-3H3. The van der Waals surface area contributed by atoms with E-state index in [0.717, 1.165) is 0 Å². The Kier molecular flexibility index (Phi) is 2.83. The van der Waals surface area contributed by atoms with Crippen molar-refractivity contribution in [2.75, 3.05) is 13.3 Å². The van der Waals surface area contributed by atoms with Crippen molar-refractivity contribution < 1.29 is 0 Å². The Labute approximate surface area is 75.2 Å². The number of nitrogens with zero attached hydrogens (tertiary/aromatic N) is 1. The minimum atomic E-state index is 0.0995. The van der Waals surface area contributed by atoms with Crippen LogP contribution in [0.25, 0.3) is 0 Å². The topological polar surface area (TPSA) is 3.24 Å². The molecule has 0 spiro atoms. The summed E-state index contributed by atoms with van der Waals surface area (Å²) in [6.45, 7) is 2.11. The van der Waals surface area contributed by atoms with E-state index in [0.29, 0.717) is 0 Å². The van der Waals surface area contributed by atoms with Crippen LogP contribution in [0, 0.1) is 0 Å². The van der Waals surface area contributed by atoms with E-state index >= 15 is 0 Å². The number of rotatable bonds is 1. The van der Waals surface area contributed by atoms with Gasteiger partial charge in [-0.25, -0.2) is 0 Å². The molecule has 0 N–H and O–H groups in total. The van der Waals surface area contributed by atoms with Gasteiger partial charge in [0.05, 0.1) is 5.03 Å². The third-order valence-electron chi connectivity index (χ3n) is 1.39. The monoisotopic (exact) mass is 195 g/mol. The molecular formula is C6H10ClNS2. The van der Waals surface area contributed by atoms with Crippen LogP contribution in [0.15, 0.2) is 9.93 Å². The van der Waals surface area contributed by atoms with E-state index in [4.69, 9.17) is 11.6 Å². The molecule has 0 aromatic carbocycles. The summed E-state index contributed by atoms with van der Waals surface area (Å²) in [5.41, 5.74) is 0. The molecular weight excluding hydrogens is 186 g/mol. The van der Waals surface area contributed by atoms with Crippen LogP contribution in [0.5, 0.6) is 0 Å². The summed E-state index contributed by atoms with van der Waals surface area (Å²) < 4.78 is 0. The fraction of sp³-hybridized carbons (Fsp3) is 0.667. The quantitative estimate of drug-likeness (QED) is 0.468. The largest absolute Gasteiger partial charge is 0.344 e. The summed E-state index contributed by atoms with van der Waals surface area (Å²) in [5.74, 6) is 0. The van der Waals surface area contributed by atoms with Crippen LogP contribution in [0.2, 0.25) is 0 Å². The Hall–Kier alpha value is 0.530. The summed E-state index contributed by atoms with van der Waals surface area (Å²) in [6, 6.07) is 0. The van der Waals surface area contributed by atoms with Crippen molar-refractivity contribution in [3.05, 3.63) is 9.93 Å². The first-order valence-electron chi connectivity index (χ1n) is 2.95. The van der Waals surface area contributed by atoms with Crippen LogP contribution in [-0.2, 0) is 0 Å². The molecule has 0 saturated heterocycles. The molecule has 1 unspecified atom stereocenters. The zero-order valence-electron chi connectivity index (χ0n) is 6.22. The normalized spacial score (nSPS) is 26.4. The van der Waals surface area contributed by atoms with Crippen molar-refractivity contribution in [3.8, 4) is 0 Å². The lowest BCUT2D eigenvalue weighted by atomic mass is 10.6. The van der Waals surface area contributed by atoms with Gasteiger partial charge in [-0.15, -0.1) is 11.8 Å². The summed E-state index contributed by atoms with van der Waals surface area (Å²) in [6.07, 6.45) is 2.07. The Morgan fingerprint density at radius 1 is 1.70 bits per heavy atom. The van der Waals surface area contributed by atoms with Crippen LogP contribution in [0.1, 0.15) is 6.92 Å². The highest BCUT2D eigenvalue weighted by molar-refractivity contribution is 8.08. The maximum Gasteiger partial charge on any atom is 0.155 e. The van der Waals surface area contributed by atoms with E-state index in [9.17, 15) is 0 Å². The number of hydrogen-bond donors (Lipinski definition) is 0. The molecule has 1 aliphatic rings. The van der Waals surface area contributed by atoms with Crippen molar-refractivity contribution in [1.82, 2.24) is 4.90 Å². The lowest BCUT2D eigenvalue weighted by molar-refractivity contribution is 0.505. The van der Waals surface area contributed by atoms with Crippen LogP contribution in [-0.4, -0.2) is 23.0 Å². The zero-order valence-corrected chi connectivity index (χ0v) is 8.61. The van der Waals surface area contributed by atoms with Gasteiger partial charge in [0, 0.05) is 12.0 Å². The van der Waals surface area contributed by atoms with Crippen molar-refractivity contribution in [2.24, 2.45) is 0 Å². The average molecular weight is 196 g/mol. The van der Waals surface area contributed by atoms with E-state index in [-0.39, 0.29) is 4.83 Å². The smallest absolute Gasteiger partial charge is 0.155 e. The third-order valence-corrected chi connectivity index (χ3v) is 4.12. The van der Waals surface area contributed by atoms with Gasteiger partial charge in [-0.3, -0.25) is 0 Å². The van der Waals surface area contributed by atoms with Crippen molar-refractivity contribution >= 4 is 35.1 Å². The average Bonchev–Trinajstić information content (AvgIpc) is 2.09. The Balaban J connectivity index is 2.75. The van der Waals surface area contributed by atoms with Gasteiger partial charge in [0.1, 0.15) is 0 Å². The molecule has 1 aliphatic heterocycles. The maximum absolute atomic E-state index is 5.96. The maximum atomic E-state index is 5.96. The zero-order chi connectivity index (χ0) is 7.72. The molecule has 0 aliphatic carbocycles. The van der Waals surface area contributed by atoms with Gasteiger partial charge in [0.25, 0.3) is 0 Å². The Morgan fingerprint density at radius 2 is 2.30 bits per heavy atom. The van der Waals surface area contributed by atoms with Crippen LogP contribution < -0.4 is 0 Å². The van der Waals surface area contributed by atoms with Crippen molar-refractivity contribution in [1.29, 1.82) is 0 Å². The van der Waals surface area contributed by atoms with Gasteiger partial charge in [-0.1, -0.05) is 23.4 Å². The molecule has 0 radical (unpaired) electrons. The molecule has 58 valence electrons. The first-order valence-corrected chi connectivity index (χ1v) is 5.49. The lowest BCUT2D eigenvalue weighted by Gasteiger charge is -2.16. The van der Waals surface area contributed by atoms with Crippen LogP contribution in [0.3, 0.4) is 0 Å². The molecule has 10 heavy (non-hydrogen) atoms. The predicted octanol–water partition coefficient (Wildman–Crippen LogP) is 2.74. The highest BCUT2D eigenvalue weighted by atomic mass is 35.5. The van der Waals surface area contributed by atoms with Crippen LogP contribution in [0.4, 0.5) is 0 Å². The minimum absolute atomic E-state index is 0.0995. The highest BCUT2D eigenvalue weighted by Crippen LogP contribution is 2.42. The fourth-order valence-electron chi connectivity index (χ4n) is 0.904. The molecule has 0 aromatic rings. The molecule has 1 nitrogen and oxygen atoms in total. The molecule has 0 amide bonds. The summed E-state index contributed by atoms with van der Waals surface area (Å²) in [4.78, 5) is 3.52. The van der Waals surface area contributed by atoms with E-state index in [1.807, 2.05) is 7.05 Å². The number of hydrogen-bond acceptors (Lipinski definition) is 3. The summed E-state index contributed by atoms with van der Waals surface area (Å²) in [7, 11) is 2.02. The molecule has 0 aromatic heterocycles. The SMILES string of the molecule is CSC1=C(C)SC(Cl)N1C. The third kappa shape index (κ3) is 1.41.